The minimum Gasteiger partial charge on any atom is -0.350 e. The maximum atomic E-state index is 12.4. The first kappa shape index (κ1) is 17.4. The molecule has 0 spiro atoms. The SMILES string of the molecule is Cc1ccc(C(=O)N2CCN(CC(=O)NC(C)(C)C)CC2)cn1. The van der Waals surface area contributed by atoms with Crippen molar-refractivity contribution in [3.8, 4) is 0 Å². The number of piperazine rings is 1. The van der Waals surface area contributed by atoms with E-state index in [0.717, 1.165) is 5.69 Å². The van der Waals surface area contributed by atoms with Gasteiger partial charge in [0, 0.05) is 43.6 Å². The number of nitrogens with one attached hydrogen (secondary N) is 1. The fourth-order valence-corrected chi connectivity index (χ4v) is 2.55. The Bertz CT molecular complexity index is 555. The van der Waals surface area contributed by atoms with Gasteiger partial charge >= 0.3 is 0 Å². The molecule has 1 aromatic rings. The van der Waals surface area contributed by atoms with Gasteiger partial charge in [-0.05, 0) is 39.8 Å². The lowest BCUT2D eigenvalue weighted by atomic mass is 10.1. The Morgan fingerprint density at radius 2 is 1.83 bits per heavy atom. The molecule has 1 N–H and O–H groups in total. The maximum absolute atomic E-state index is 12.4. The Morgan fingerprint density at radius 1 is 1.17 bits per heavy atom. The number of amides is 2. The molecular weight excluding hydrogens is 292 g/mol. The maximum Gasteiger partial charge on any atom is 0.255 e. The minimum atomic E-state index is -0.215. The summed E-state index contributed by atoms with van der Waals surface area (Å²) in [4.78, 5) is 32.4. The molecule has 1 fully saturated rings. The van der Waals surface area contributed by atoms with Crippen molar-refractivity contribution in [2.45, 2.75) is 33.2 Å². The Hall–Kier alpha value is -1.95. The van der Waals surface area contributed by atoms with E-state index in [1.54, 1.807) is 6.20 Å². The molecule has 0 bridgehead atoms. The number of pyridine rings is 1. The van der Waals surface area contributed by atoms with Crippen LogP contribution in [-0.4, -0.2) is 64.9 Å². The fraction of sp³-hybridized carbons (Fsp3) is 0.588. The second-order valence-corrected chi connectivity index (χ2v) is 7.05. The predicted octanol–water partition coefficient (Wildman–Crippen LogP) is 1.06. The Kier molecular flexibility index (Phi) is 5.36. The number of carbonyl (C=O) groups is 2. The number of aryl methyl sites for hydroxylation is 1. The van der Waals surface area contributed by atoms with Gasteiger partial charge in [0.15, 0.2) is 0 Å². The first-order valence-corrected chi connectivity index (χ1v) is 8.00. The molecule has 0 unspecified atom stereocenters. The van der Waals surface area contributed by atoms with Crippen LogP contribution in [0.1, 0.15) is 36.8 Å². The van der Waals surface area contributed by atoms with E-state index in [1.807, 2.05) is 44.7 Å². The van der Waals surface area contributed by atoms with Crippen LogP contribution in [0.4, 0.5) is 0 Å². The van der Waals surface area contributed by atoms with E-state index in [0.29, 0.717) is 38.3 Å². The smallest absolute Gasteiger partial charge is 0.255 e. The molecule has 23 heavy (non-hydrogen) atoms. The molecule has 0 aliphatic carbocycles. The average molecular weight is 318 g/mol. The van der Waals surface area contributed by atoms with Gasteiger partial charge in [0.2, 0.25) is 5.91 Å². The summed E-state index contributed by atoms with van der Waals surface area (Å²) in [6, 6.07) is 3.66. The van der Waals surface area contributed by atoms with Crippen LogP contribution < -0.4 is 5.32 Å². The summed E-state index contributed by atoms with van der Waals surface area (Å²) >= 11 is 0. The van der Waals surface area contributed by atoms with Crippen LogP contribution in [0.3, 0.4) is 0 Å². The van der Waals surface area contributed by atoms with Gasteiger partial charge in [-0.3, -0.25) is 19.5 Å². The van der Waals surface area contributed by atoms with Crippen LogP contribution in [0.25, 0.3) is 0 Å². The molecule has 2 rings (SSSR count). The lowest BCUT2D eigenvalue weighted by Crippen LogP contribution is -2.52. The van der Waals surface area contributed by atoms with Crippen molar-refractivity contribution >= 4 is 11.8 Å². The second kappa shape index (κ2) is 7.08. The third-order valence-corrected chi connectivity index (χ3v) is 3.70. The van der Waals surface area contributed by atoms with Crippen molar-refractivity contribution in [3.63, 3.8) is 0 Å². The van der Waals surface area contributed by atoms with Gasteiger partial charge in [0.1, 0.15) is 0 Å². The molecule has 6 nitrogen and oxygen atoms in total. The van der Waals surface area contributed by atoms with Crippen molar-refractivity contribution in [3.05, 3.63) is 29.6 Å². The quantitative estimate of drug-likeness (QED) is 0.905. The van der Waals surface area contributed by atoms with Crippen molar-refractivity contribution in [1.82, 2.24) is 20.1 Å². The molecule has 0 saturated carbocycles. The molecule has 0 aromatic carbocycles. The van der Waals surface area contributed by atoms with Crippen LogP contribution in [0, 0.1) is 6.92 Å². The van der Waals surface area contributed by atoms with E-state index in [4.69, 9.17) is 0 Å². The number of rotatable bonds is 3. The monoisotopic (exact) mass is 318 g/mol. The lowest BCUT2D eigenvalue weighted by molar-refractivity contribution is -0.124. The van der Waals surface area contributed by atoms with Crippen LogP contribution >= 0.6 is 0 Å². The first-order chi connectivity index (χ1) is 10.7. The summed E-state index contributed by atoms with van der Waals surface area (Å²) in [6.07, 6.45) is 1.63. The molecule has 6 heteroatoms. The Morgan fingerprint density at radius 3 is 2.35 bits per heavy atom. The van der Waals surface area contributed by atoms with Gasteiger partial charge < -0.3 is 10.2 Å². The first-order valence-electron chi connectivity index (χ1n) is 8.00. The lowest BCUT2D eigenvalue weighted by Gasteiger charge is -2.34. The number of hydrogen-bond donors (Lipinski definition) is 1. The van der Waals surface area contributed by atoms with E-state index >= 15 is 0 Å². The van der Waals surface area contributed by atoms with Crippen LogP contribution in [0.15, 0.2) is 18.3 Å². The topological polar surface area (TPSA) is 65.5 Å². The van der Waals surface area contributed by atoms with E-state index < -0.39 is 0 Å². The van der Waals surface area contributed by atoms with Crippen molar-refractivity contribution < 1.29 is 9.59 Å². The number of nitrogens with zero attached hydrogens (tertiary/aromatic N) is 3. The predicted molar refractivity (Wildman–Crippen MR) is 89.2 cm³/mol. The second-order valence-electron chi connectivity index (χ2n) is 7.05. The zero-order valence-electron chi connectivity index (χ0n) is 14.4. The molecule has 1 aliphatic heterocycles. The van der Waals surface area contributed by atoms with E-state index in [2.05, 4.69) is 15.2 Å². The zero-order chi connectivity index (χ0) is 17.0. The molecule has 2 heterocycles. The highest BCUT2D eigenvalue weighted by atomic mass is 16.2. The number of hydrogen-bond acceptors (Lipinski definition) is 4. The largest absolute Gasteiger partial charge is 0.350 e. The summed E-state index contributed by atoms with van der Waals surface area (Å²) in [5.74, 6) is 0.0382. The van der Waals surface area contributed by atoms with Gasteiger partial charge in [-0.25, -0.2) is 0 Å². The van der Waals surface area contributed by atoms with Crippen LogP contribution in [-0.2, 0) is 4.79 Å². The summed E-state index contributed by atoms with van der Waals surface area (Å²) in [7, 11) is 0. The average Bonchev–Trinajstić information content (AvgIpc) is 2.46. The molecule has 1 aromatic heterocycles. The molecule has 0 radical (unpaired) electrons. The Labute approximate surface area is 137 Å². The van der Waals surface area contributed by atoms with Crippen molar-refractivity contribution in [2.24, 2.45) is 0 Å². The third kappa shape index (κ3) is 5.32. The highest BCUT2D eigenvalue weighted by Gasteiger charge is 2.24. The number of aromatic nitrogens is 1. The van der Waals surface area contributed by atoms with Gasteiger partial charge in [0.05, 0.1) is 12.1 Å². The third-order valence-electron chi connectivity index (χ3n) is 3.70. The summed E-state index contributed by atoms with van der Waals surface area (Å²) < 4.78 is 0. The van der Waals surface area contributed by atoms with Crippen LogP contribution in [0.2, 0.25) is 0 Å². The van der Waals surface area contributed by atoms with Gasteiger partial charge in [0.25, 0.3) is 5.91 Å². The standard InChI is InChI=1S/C17H26N4O2/c1-13-5-6-14(11-18-13)16(23)21-9-7-20(8-10-21)12-15(22)19-17(2,3)4/h5-6,11H,7-10,12H2,1-4H3,(H,19,22). The van der Waals surface area contributed by atoms with Crippen LogP contribution in [0.5, 0.6) is 0 Å². The highest BCUT2D eigenvalue weighted by Crippen LogP contribution is 2.09. The van der Waals surface area contributed by atoms with E-state index in [1.165, 1.54) is 0 Å². The highest BCUT2D eigenvalue weighted by molar-refractivity contribution is 5.94. The van der Waals surface area contributed by atoms with Gasteiger partial charge in [-0.2, -0.15) is 0 Å². The minimum absolute atomic E-state index is 0.0105. The summed E-state index contributed by atoms with van der Waals surface area (Å²) in [5, 5.41) is 2.96. The molecular formula is C17H26N4O2. The van der Waals surface area contributed by atoms with E-state index in [-0.39, 0.29) is 17.4 Å². The normalized spacial score (nSPS) is 16.3. The molecule has 1 aliphatic rings. The molecule has 0 atom stereocenters. The van der Waals surface area contributed by atoms with Crippen molar-refractivity contribution in [2.75, 3.05) is 32.7 Å². The van der Waals surface area contributed by atoms with Gasteiger partial charge in [-0.15, -0.1) is 0 Å². The fourth-order valence-electron chi connectivity index (χ4n) is 2.55. The van der Waals surface area contributed by atoms with Gasteiger partial charge in [-0.1, -0.05) is 0 Å². The zero-order valence-corrected chi connectivity index (χ0v) is 14.4. The van der Waals surface area contributed by atoms with E-state index in [9.17, 15) is 9.59 Å². The Balaban J connectivity index is 1.83. The van der Waals surface area contributed by atoms with Crippen molar-refractivity contribution in [1.29, 1.82) is 0 Å². The molecule has 2 amide bonds. The molecule has 126 valence electrons. The summed E-state index contributed by atoms with van der Waals surface area (Å²) in [5.41, 5.74) is 1.30. The number of carbonyl (C=O) groups excluding carboxylic acids is 2. The summed E-state index contributed by atoms with van der Waals surface area (Å²) in [6.45, 7) is 10.9. The molecule has 1 saturated heterocycles.